The van der Waals surface area contributed by atoms with Crippen molar-refractivity contribution in [2.24, 2.45) is 0 Å². The van der Waals surface area contributed by atoms with E-state index in [1.165, 1.54) is 24.3 Å². The van der Waals surface area contributed by atoms with Crippen molar-refractivity contribution in [3.05, 3.63) is 72.2 Å². The predicted octanol–water partition coefficient (Wildman–Crippen LogP) is 5.26. The molecule has 39 heavy (non-hydrogen) atoms. The molecule has 204 valence electrons. The van der Waals surface area contributed by atoms with Crippen LogP contribution in [0.1, 0.15) is 38.7 Å². The third-order valence-corrected chi connectivity index (χ3v) is 8.03. The molecule has 3 heterocycles. The van der Waals surface area contributed by atoms with Gasteiger partial charge in [0.1, 0.15) is 17.0 Å². The van der Waals surface area contributed by atoms with E-state index in [1.807, 2.05) is 19.9 Å². The minimum absolute atomic E-state index is 0.0403. The molecule has 3 N–H and O–H groups in total. The lowest BCUT2D eigenvalue weighted by Crippen LogP contribution is -2.50. The highest BCUT2D eigenvalue weighted by atomic mass is 32.2. The first kappa shape index (κ1) is 26.9. The molecule has 0 bridgehead atoms. The van der Waals surface area contributed by atoms with E-state index in [9.17, 15) is 12.8 Å². The molecule has 4 aromatic rings. The first-order chi connectivity index (χ1) is 18.5. The zero-order valence-electron chi connectivity index (χ0n) is 21.9. The van der Waals surface area contributed by atoms with Crippen molar-refractivity contribution < 1.29 is 17.2 Å². The Hall–Kier alpha value is -3.70. The molecule has 0 spiro atoms. The van der Waals surface area contributed by atoms with Crippen LogP contribution in [0.5, 0.6) is 0 Å². The van der Waals surface area contributed by atoms with Crippen molar-refractivity contribution >= 4 is 32.7 Å². The lowest BCUT2D eigenvalue weighted by molar-refractivity contribution is 0.137. The Balaban J connectivity index is 1.44. The third-order valence-electron chi connectivity index (χ3n) is 6.65. The second kappa shape index (κ2) is 10.5. The van der Waals surface area contributed by atoms with Crippen molar-refractivity contribution in [3.8, 4) is 11.3 Å². The zero-order valence-corrected chi connectivity index (χ0v) is 22.7. The molecule has 0 radical (unpaired) electrons. The molecule has 0 amide bonds. The van der Waals surface area contributed by atoms with Gasteiger partial charge in [-0.25, -0.2) is 32.2 Å². The molecule has 0 saturated carbocycles. The second-order valence-corrected chi connectivity index (χ2v) is 12.1. The average Bonchev–Trinajstić information content (AvgIpc) is 2.89. The fraction of sp³-hybridized carbons (Fsp3) is 0.321. The van der Waals surface area contributed by atoms with Crippen LogP contribution in [0.2, 0.25) is 0 Å². The van der Waals surface area contributed by atoms with Crippen molar-refractivity contribution in [1.82, 2.24) is 20.3 Å². The minimum atomic E-state index is -3.93. The molecule has 5 rings (SSSR count). The number of benzene rings is 2. The summed E-state index contributed by atoms with van der Waals surface area (Å²) in [6.45, 7) is 6.54. The summed E-state index contributed by atoms with van der Waals surface area (Å²) in [6.07, 6.45) is 1.95. The summed E-state index contributed by atoms with van der Waals surface area (Å²) in [7, 11) is -3.93. The highest BCUT2D eigenvalue weighted by Crippen LogP contribution is 2.31. The molecular formula is C28H30F2N6O2S. The fourth-order valence-electron chi connectivity index (χ4n) is 4.72. The third kappa shape index (κ3) is 5.99. The Labute approximate surface area is 226 Å². The van der Waals surface area contributed by atoms with E-state index >= 15 is 4.39 Å². The van der Waals surface area contributed by atoms with Gasteiger partial charge < -0.3 is 10.6 Å². The Morgan fingerprint density at radius 2 is 1.87 bits per heavy atom. The van der Waals surface area contributed by atoms with Crippen LogP contribution >= 0.6 is 0 Å². The van der Waals surface area contributed by atoms with E-state index in [4.69, 9.17) is 0 Å². The van der Waals surface area contributed by atoms with Crippen LogP contribution in [-0.4, -0.2) is 48.2 Å². The maximum absolute atomic E-state index is 15.1. The lowest BCUT2D eigenvalue weighted by Gasteiger charge is -2.33. The van der Waals surface area contributed by atoms with Gasteiger partial charge in [0.15, 0.2) is 0 Å². The second-order valence-electron chi connectivity index (χ2n) is 10.4. The molecule has 2 aromatic carbocycles. The molecule has 2 atom stereocenters. The van der Waals surface area contributed by atoms with Gasteiger partial charge in [-0.2, -0.15) is 0 Å². The number of fused-ring (bicyclic) bond motifs is 1. The fourth-order valence-corrected chi connectivity index (χ4v) is 5.80. The van der Waals surface area contributed by atoms with Gasteiger partial charge >= 0.3 is 0 Å². The molecule has 2 aromatic heterocycles. The minimum Gasteiger partial charge on any atom is -0.350 e. The van der Waals surface area contributed by atoms with Gasteiger partial charge in [0, 0.05) is 31.1 Å². The highest BCUT2D eigenvalue weighted by Gasteiger charge is 2.32. The number of nitrogens with one attached hydrogen (secondary N) is 3. The number of piperidine rings is 1. The quantitative estimate of drug-likeness (QED) is 0.287. The van der Waals surface area contributed by atoms with Crippen LogP contribution < -0.4 is 15.4 Å². The summed E-state index contributed by atoms with van der Waals surface area (Å²) in [5, 5.41) is 6.32. The van der Waals surface area contributed by atoms with Crippen molar-refractivity contribution in [2.75, 3.05) is 23.1 Å². The molecule has 0 unspecified atom stereocenters. The van der Waals surface area contributed by atoms with Gasteiger partial charge in [0.05, 0.1) is 28.0 Å². The van der Waals surface area contributed by atoms with Gasteiger partial charge in [0.2, 0.25) is 5.95 Å². The van der Waals surface area contributed by atoms with Crippen molar-refractivity contribution in [3.63, 3.8) is 0 Å². The largest absolute Gasteiger partial charge is 0.350 e. The average molecular weight is 553 g/mol. The monoisotopic (exact) mass is 552 g/mol. The molecule has 0 aliphatic carbocycles. The number of aromatic nitrogens is 3. The van der Waals surface area contributed by atoms with E-state index < -0.39 is 21.5 Å². The summed E-state index contributed by atoms with van der Waals surface area (Å²) >= 11 is 0. The number of hydrogen-bond acceptors (Lipinski definition) is 7. The summed E-state index contributed by atoms with van der Waals surface area (Å²) in [5.41, 5.74) is 1.62. The summed E-state index contributed by atoms with van der Waals surface area (Å²) < 4.78 is 57.1. The molecule has 1 fully saturated rings. The number of alkyl halides is 1. The Bertz CT molecular complexity index is 1610. The van der Waals surface area contributed by atoms with E-state index in [0.29, 0.717) is 47.7 Å². The van der Waals surface area contributed by atoms with Crippen LogP contribution in [0, 0.1) is 5.82 Å². The van der Waals surface area contributed by atoms with Gasteiger partial charge in [0.25, 0.3) is 10.0 Å². The van der Waals surface area contributed by atoms with Crippen LogP contribution in [0.25, 0.3) is 22.3 Å². The first-order valence-electron chi connectivity index (χ1n) is 12.7. The van der Waals surface area contributed by atoms with E-state index in [-0.39, 0.29) is 22.5 Å². The number of rotatable bonds is 7. The van der Waals surface area contributed by atoms with Crippen molar-refractivity contribution in [2.45, 2.75) is 49.7 Å². The topological polar surface area (TPSA) is 109 Å². The normalized spacial score (nSPS) is 19.8. The van der Waals surface area contributed by atoms with E-state index in [1.54, 1.807) is 37.4 Å². The number of nitrogens with zero attached hydrogens (tertiary/aromatic N) is 3. The Morgan fingerprint density at radius 3 is 2.56 bits per heavy atom. The van der Waals surface area contributed by atoms with Crippen LogP contribution in [0.3, 0.4) is 0 Å². The van der Waals surface area contributed by atoms with Crippen LogP contribution in [0.15, 0.2) is 65.7 Å². The van der Waals surface area contributed by atoms with Crippen molar-refractivity contribution in [1.29, 1.82) is 0 Å². The number of sulfonamides is 1. The molecule has 8 nitrogen and oxygen atoms in total. The van der Waals surface area contributed by atoms with Gasteiger partial charge in [-0.05, 0) is 48.7 Å². The first-order valence-corrected chi connectivity index (χ1v) is 14.2. The van der Waals surface area contributed by atoms with E-state index in [2.05, 4.69) is 30.3 Å². The standard InChI is InChI=1S/C28H30F2N6O2S/c1-17(2)21-12-24(18-9-10-23(22(29)11-18)36-39(37,38)20-7-5-4-6-8-20)34-25-15-32-27(35-26(21)25)33-19-13-28(3,30)16-31-14-19/h4-12,15,17,19,31,36H,13-14,16H2,1-3H3,(H,32,33,35)/t19-,28-/m0/s1. The maximum Gasteiger partial charge on any atom is 0.261 e. The SMILES string of the molecule is CC(C)c1cc(-c2ccc(NS(=O)(=O)c3ccccc3)c(F)c2)nc2cnc(N[C@@H]3CNC[C@@](C)(F)C3)nc12. The zero-order chi connectivity index (χ0) is 27.8. The van der Waals surface area contributed by atoms with E-state index in [0.717, 1.165) is 5.56 Å². The highest BCUT2D eigenvalue weighted by molar-refractivity contribution is 7.92. The molecular weight excluding hydrogens is 522 g/mol. The summed E-state index contributed by atoms with van der Waals surface area (Å²) in [6, 6.07) is 13.7. The smallest absolute Gasteiger partial charge is 0.261 e. The predicted molar refractivity (Wildman–Crippen MR) is 148 cm³/mol. The van der Waals surface area contributed by atoms with Crippen LogP contribution in [-0.2, 0) is 10.0 Å². The number of pyridine rings is 1. The molecule has 1 aliphatic rings. The summed E-state index contributed by atoms with van der Waals surface area (Å²) in [4.78, 5) is 13.8. The van der Waals surface area contributed by atoms with Gasteiger partial charge in [-0.1, -0.05) is 38.1 Å². The summed E-state index contributed by atoms with van der Waals surface area (Å²) in [5.74, 6) is -0.259. The number of anilines is 2. The molecule has 11 heteroatoms. The Morgan fingerprint density at radius 1 is 1.10 bits per heavy atom. The maximum atomic E-state index is 15.1. The molecule has 1 saturated heterocycles. The number of hydrogen-bond donors (Lipinski definition) is 3. The Kier molecular flexibility index (Phi) is 7.21. The van der Waals surface area contributed by atoms with Gasteiger partial charge in [-0.3, -0.25) is 4.72 Å². The molecule has 1 aliphatic heterocycles. The van der Waals surface area contributed by atoms with Gasteiger partial charge in [-0.15, -0.1) is 0 Å². The lowest BCUT2D eigenvalue weighted by atomic mass is 9.95. The number of halogens is 2. The van der Waals surface area contributed by atoms with Crippen LogP contribution in [0.4, 0.5) is 20.4 Å².